The van der Waals surface area contributed by atoms with Crippen LogP contribution in [0.5, 0.6) is 0 Å². The first-order chi connectivity index (χ1) is 8.33. The highest BCUT2D eigenvalue weighted by Crippen LogP contribution is 2.35. The van der Waals surface area contributed by atoms with Crippen LogP contribution < -0.4 is 10.6 Å². The number of nitrogens with one attached hydrogen (secondary N) is 2. The second kappa shape index (κ2) is 6.07. The fourth-order valence-electron chi connectivity index (χ4n) is 1.74. The molecule has 0 saturated heterocycles. The summed E-state index contributed by atoms with van der Waals surface area (Å²) in [5.74, 6) is 0.467. The molecule has 0 heterocycles. The van der Waals surface area contributed by atoms with Gasteiger partial charge < -0.3 is 15.7 Å². The number of carboxylic acid groups (broad SMARTS) is 1. The SMILES string of the molecule is CC(CNC(=O)NCCC(C)(C)C(=O)O)C1CC1. The van der Waals surface area contributed by atoms with Crippen LogP contribution in [-0.2, 0) is 4.79 Å². The zero-order chi connectivity index (χ0) is 13.8. The van der Waals surface area contributed by atoms with Crippen molar-refractivity contribution in [2.24, 2.45) is 17.3 Å². The maximum Gasteiger partial charge on any atom is 0.314 e. The molecule has 1 rings (SSSR count). The van der Waals surface area contributed by atoms with Crippen LogP contribution in [0.25, 0.3) is 0 Å². The molecule has 5 nitrogen and oxygen atoms in total. The van der Waals surface area contributed by atoms with E-state index in [1.54, 1.807) is 13.8 Å². The third-order valence-electron chi connectivity index (χ3n) is 3.63. The summed E-state index contributed by atoms with van der Waals surface area (Å²) >= 11 is 0. The van der Waals surface area contributed by atoms with Crippen LogP contribution in [0.15, 0.2) is 0 Å². The van der Waals surface area contributed by atoms with Crippen molar-refractivity contribution in [3.8, 4) is 0 Å². The molecule has 3 N–H and O–H groups in total. The highest BCUT2D eigenvalue weighted by Gasteiger charge is 2.28. The van der Waals surface area contributed by atoms with E-state index in [1.807, 2.05) is 0 Å². The van der Waals surface area contributed by atoms with Gasteiger partial charge in [0.15, 0.2) is 0 Å². The van der Waals surface area contributed by atoms with Crippen molar-refractivity contribution in [1.82, 2.24) is 10.6 Å². The molecule has 0 aromatic carbocycles. The van der Waals surface area contributed by atoms with Gasteiger partial charge in [0.05, 0.1) is 5.41 Å². The smallest absolute Gasteiger partial charge is 0.314 e. The number of aliphatic carboxylic acids is 1. The Kier molecular flexibility index (Phi) is 4.99. The van der Waals surface area contributed by atoms with Gasteiger partial charge in [0.2, 0.25) is 0 Å². The van der Waals surface area contributed by atoms with Crippen LogP contribution in [0.3, 0.4) is 0 Å². The van der Waals surface area contributed by atoms with Gasteiger partial charge in [-0.25, -0.2) is 4.79 Å². The van der Waals surface area contributed by atoms with Crippen LogP contribution in [0.4, 0.5) is 4.79 Å². The summed E-state index contributed by atoms with van der Waals surface area (Å²) in [4.78, 5) is 22.3. The lowest BCUT2D eigenvalue weighted by Crippen LogP contribution is -2.40. The first kappa shape index (κ1) is 14.8. The summed E-state index contributed by atoms with van der Waals surface area (Å²) in [7, 11) is 0. The average molecular weight is 256 g/mol. The normalized spacial score (nSPS) is 17.1. The molecule has 0 aromatic heterocycles. The molecule has 2 amide bonds. The van der Waals surface area contributed by atoms with Gasteiger partial charge in [0, 0.05) is 13.1 Å². The van der Waals surface area contributed by atoms with Crippen molar-refractivity contribution in [2.45, 2.75) is 40.0 Å². The average Bonchev–Trinajstić information content (AvgIpc) is 3.09. The lowest BCUT2D eigenvalue weighted by Gasteiger charge is -2.19. The Labute approximate surface area is 108 Å². The van der Waals surface area contributed by atoms with Crippen molar-refractivity contribution >= 4 is 12.0 Å². The molecule has 0 aromatic rings. The molecule has 1 aliphatic carbocycles. The molecule has 1 unspecified atom stereocenters. The topological polar surface area (TPSA) is 78.4 Å². The van der Waals surface area contributed by atoms with Crippen molar-refractivity contribution in [3.63, 3.8) is 0 Å². The number of carbonyl (C=O) groups is 2. The lowest BCUT2D eigenvalue weighted by atomic mass is 9.90. The third kappa shape index (κ3) is 4.94. The molecule has 0 radical (unpaired) electrons. The number of urea groups is 1. The molecule has 1 fully saturated rings. The molecule has 0 aliphatic heterocycles. The second-order valence-corrected chi connectivity index (χ2v) is 5.89. The van der Waals surface area contributed by atoms with E-state index in [2.05, 4.69) is 17.6 Å². The van der Waals surface area contributed by atoms with Gasteiger partial charge in [-0.15, -0.1) is 0 Å². The first-order valence-electron chi connectivity index (χ1n) is 6.58. The number of carboxylic acids is 1. The Morgan fingerprint density at radius 3 is 2.44 bits per heavy atom. The van der Waals surface area contributed by atoms with Crippen molar-refractivity contribution in [3.05, 3.63) is 0 Å². The predicted octanol–water partition coefficient (Wildman–Crippen LogP) is 1.83. The summed E-state index contributed by atoms with van der Waals surface area (Å²) in [5, 5.41) is 14.4. The van der Waals surface area contributed by atoms with Gasteiger partial charge >= 0.3 is 12.0 Å². The highest BCUT2D eigenvalue weighted by molar-refractivity contribution is 5.75. The summed E-state index contributed by atoms with van der Waals surface area (Å²) in [6, 6.07) is -0.205. The van der Waals surface area contributed by atoms with E-state index >= 15 is 0 Å². The van der Waals surface area contributed by atoms with Crippen LogP contribution in [0.2, 0.25) is 0 Å². The summed E-state index contributed by atoms with van der Waals surface area (Å²) < 4.78 is 0. The van der Waals surface area contributed by atoms with E-state index in [-0.39, 0.29) is 6.03 Å². The first-order valence-corrected chi connectivity index (χ1v) is 6.58. The van der Waals surface area contributed by atoms with Gasteiger partial charge in [-0.3, -0.25) is 4.79 Å². The Balaban J connectivity index is 2.11. The van der Waals surface area contributed by atoms with E-state index in [9.17, 15) is 9.59 Å². The van der Waals surface area contributed by atoms with E-state index in [0.717, 1.165) is 5.92 Å². The van der Waals surface area contributed by atoms with Gasteiger partial charge in [-0.1, -0.05) is 6.92 Å². The maximum atomic E-state index is 11.5. The molecule has 5 heteroatoms. The fourth-order valence-corrected chi connectivity index (χ4v) is 1.74. The van der Waals surface area contributed by atoms with E-state index in [1.165, 1.54) is 12.8 Å². The second-order valence-electron chi connectivity index (χ2n) is 5.89. The molecular formula is C13H24N2O3. The highest BCUT2D eigenvalue weighted by atomic mass is 16.4. The van der Waals surface area contributed by atoms with Crippen LogP contribution in [-0.4, -0.2) is 30.2 Å². The van der Waals surface area contributed by atoms with E-state index in [0.29, 0.717) is 25.4 Å². The standard InChI is InChI=1S/C13H24N2O3/c1-9(10-4-5-10)8-15-12(18)14-7-6-13(2,3)11(16)17/h9-10H,4-8H2,1-3H3,(H,16,17)(H2,14,15,18). The molecule has 0 bridgehead atoms. The zero-order valence-electron chi connectivity index (χ0n) is 11.5. The van der Waals surface area contributed by atoms with Gasteiger partial charge in [-0.2, -0.15) is 0 Å². The molecular weight excluding hydrogens is 232 g/mol. The summed E-state index contributed by atoms with van der Waals surface area (Å²) in [6.45, 7) is 6.53. The predicted molar refractivity (Wildman–Crippen MR) is 69.3 cm³/mol. The quantitative estimate of drug-likeness (QED) is 0.650. The van der Waals surface area contributed by atoms with Crippen molar-refractivity contribution < 1.29 is 14.7 Å². The van der Waals surface area contributed by atoms with E-state index < -0.39 is 11.4 Å². The largest absolute Gasteiger partial charge is 0.481 e. The minimum atomic E-state index is -0.841. The number of rotatable bonds is 7. The number of hydrogen-bond donors (Lipinski definition) is 3. The lowest BCUT2D eigenvalue weighted by molar-refractivity contribution is -0.147. The van der Waals surface area contributed by atoms with Crippen LogP contribution in [0, 0.1) is 17.3 Å². The van der Waals surface area contributed by atoms with Crippen molar-refractivity contribution in [1.29, 1.82) is 0 Å². The molecule has 1 aliphatic rings. The number of amides is 2. The maximum absolute atomic E-state index is 11.5. The monoisotopic (exact) mass is 256 g/mol. The zero-order valence-corrected chi connectivity index (χ0v) is 11.5. The summed E-state index contributed by atoms with van der Waals surface area (Å²) in [5.41, 5.74) is -0.797. The molecule has 104 valence electrons. The molecule has 0 spiro atoms. The molecule has 1 saturated carbocycles. The Morgan fingerprint density at radius 1 is 1.33 bits per heavy atom. The fraction of sp³-hybridized carbons (Fsp3) is 0.846. The third-order valence-corrected chi connectivity index (χ3v) is 3.63. The van der Waals surface area contributed by atoms with Crippen LogP contribution >= 0.6 is 0 Å². The van der Waals surface area contributed by atoms with Crippen LogP contribution in [0.1, 0.15) is 40.0 Å². The number of carbonyl (C=O) groups excluding carboxylic acids is 1. The molecule has 18 heavy (non-hydrogen) atoms. The Morgan fingerprint density at radius 2 is 1.94 bits per heavy atom. The van der Waals surface area contributed by atoms with E-state index in [4.69, 9.17) is 5.11 Å². The van der Waals surface area contributed by atoms with Gasteiger partial charge in [0.25, 0.3) is 0 Å². The Bertz CT molecular complexity index is 311. The number of hydrogen-bond acceptors (Lipinski definition) is 2. The summed E-state index contributed by atoms with van der Waals surface area (Å²) in [6.07, 6.45) is 2.97. The van der Waals surface area contributed by atoms with Crippen molar-refractivity contribution in [2.75, 3.05) is 13.1 Å². The minimum absolute atomic E-state index is 0.205. The van der Waals surface area contributed by atoms with Gasteiger partial charge in [-0.05, 0) is 44.9 Å². The molecule has 1 atom stereocenters. The minimum Gasteiger partial charge on any atom is -0.481 e. The van der Waals surface area contributed by atoms with Gasteiger partial charge in [0.1, 0.15) is 0 Å². The Hall–Kier alpha value is -1.26.